The highest BCUT2D eigenvalue weighted by Gasteiger charge is 2.07. The van der Waals surface area contributed by atoms with Gasteiger partial charge in [-0.25, -0.2) is 4.98 Å². The van der Waals surface area contributed by atoms with Gasteiger partial charge in [-0.2, -0.15) is 0 Å². The molecule has 3 rings (SSSR count). The molecule has 0 atom stereocenters. The zero-order valence-electron chi connectivity index (χ0n) is 7.84. The molecule has 3 nitrogen and oxygen atoms in total. The molecule has 0 spiro atoms. The lowest BCUT2D eigenvalue weighted by molar-refractivity contribution is 0.617. The van der Waals surface area contributed by atoms with E-state index in [0.717, 1.165) is 16.8 Å². The van der Waals surface area contributed by atoms with E-state index in [1.54, 1.807) is 18.3 Å². The maximum Gasteiger partial charge on any atom is 0.246 e. The van der Waals surface area contributed by atoms with E-state index in [2.05, 4.69) is 16.0 Å². The molecule has 0 bridgehead atoms. The van der Waals surface area contributed by atoms with Crippen LogP contribution in [0.3, 0.4) is 0 Å². The van der Waals surface area contributed by atoms with Crippen LogP contribution in [-0.2, 0) is 0 Å². The molecule has 3 heteroatoms. The van der Waals surface area contributed by atoms with Gasteiger partial charge >= 0.3 is 0 Å². The van der Waals surface area contributed by atoms with Crippen molar-refractivity contribution < 1.29 is 4.42 Å². The lowest BCUT2D eigenvalue weighted by atomic mass is 10.3. The van der Waals surface area contributed by atoms with Crippen LogP contribution < -0.4 is 0 Å². The minimum atomic E-state index is 0.546. The third-order valence-corrected chi connectivity index (χ3v) is 2.12. The lowest BCUT2D eigenvalue weighted by Gasteiger charge is -1.90. The maximum atomic E-state index is 5.56. The van der Waals surface area contributed by atoms with Gasteiger partial charge in [0.05, 0.1) is 0 Å². The Hall–Kier alpha value is -2.16. The van der Waals surface area contributed by atoms with Crippen LogP contribution in [0.1, 0.15) is 0 Å². The Morgan fingerprint density at radius 1 is 1.20 bits per heavy atom. The van der Waals surface area contributed by atoms with Crippen LogP contribution in [0.25, 0.3) is 22.7 Å². The summed E-state index contributed by atoms with van der Waals surface area (Å²) in [5, 5.41) is 0. The molecule has 0 fully saturated rings. The molecule has 71 valence electrons. The average molecular weight is 195 g/mol. The highest BCUT2D eigenvalue weighted by Crippen LogP contribution is 2.21. The molecule has 1 radical (unpaired) electrons. The Balaban J connectivity index is 2.21. The number of benzene rings is 1. The zero-order chi connectivity index (χ0) is 10.1. The Morgan fingerprint density at radius 3 is 3.00 bits per heavy atom. The van der Waals surface area contributed by atoms with Gasteiger partial charge in [-0.3, -0.25) is 4.98 Å². The number of fused-ring (bicyclic) bond motifs is 1. The normalized spacial score (nSPS) is 10.7. The third-order valence-electron chi connectivity index (χ3n) is 2.12. The van der Waals surface area contributed by atoms with Crippen LogP contribution in [0, 0.1) is 6.07 Å². The van der Waals surface area contributed by atoms with Crippen LogP contribution in [0.5, 0.6) is 0 Å². The molecule has 0 saturated heterocycles. The molecular formula is C12H7N2O. The molecule has 1 aromatic carbocycles. The van der Waals surface area contributed by atoms with Gasteiger partial charge in [0.2, 0.25) is 5.89 Å². The highest BCUT2D eigenvalue weighted by molar-refractivity contribution is 5.75. The van der Waals surface area contributed by atoms with E-state index in [-0.39, 0.29) is 0 Å². The summed E-state index contributed by atoms with van der Waals surface area (Å²) >= 11 is 0. The van der Waals surface area contributed by atoms with E-state index >= 15 is 0 Å². The smallest absolute Gasteiger partial charge is 0.246 e. The molecular weight excluding hydrogens is 188 g/mol. The van der Waals surface area contributed by atoms with Gasteiger partial charge in [0, 0.05) is 6.20 Å². The van der Waals surface area contributed by atoms with Gasteiger partial charge in [0.1, 0.15) is 11.2 Å². The van der Waals surface area contributed by atoms with Crippen molar-refractivity contribution in [1.82, 2.24) is 9.97 Å². The molecule has 0 aliphatic carbocycles. The average Bonchev–Trinajstić information content (AvgIpc) is 2.74. The molecule has 0 unspecified atom stereocenters. The fourth-order valence-electron chi connectivity index (χ4n) is 1.42. The third kappa shape index (κ3) is 1.38. The molecule has 0 N–H and O–H groups in total. The van der Waals surface area contributed by atoms with Crippen molar-refractivity contribution in [3.63, 3.8) is 0 Å². The monoisotopic (exact) mass is 195 g/mol. The fraction of sp³-hybridized carbons (Fsp3) is 0. The van der Waals surface area contributed by atoms with Crippen LogP contribution in [-0.4, -0.2) is 9.97 Å². The number of oxazole rings is 1. The number of pyridine rings is 1. The Bertz CT molecular complexity index is 554. The molecule has 0 aliphatic rings. The number of hydrogen-bond acceptors (Lipinski definition) is 3. The number of nitrogens with zero attached hydrogens (tertiary/aromatic N) is 2. The van der Waals surface area contributed by atoms with Gasteiger partial charge in [-0.1, -0.05) is 12.1 Å². The maximum absolute atomic E-state index is 5.56. The number of hydrogen-bond donors (Lipinski definition) is 0. The summed E-state index contributed by atoms with van der Waals surface area (Å²) < 4.78 is 5.56. The van der Waals surface area contributed by atoms with Crippen molar-refractivity contribution in [1.29, 1.82) is 0 Å². The minimum Gasteiger partial charge on any atom is -0.435 e. The quantitative estimate of drug-likeness (QED) is 0.599. The first-order valence-electron chi connectivity index (χ1n) is 4.61. The van der Waals surface area contributed by atoms with Gasteiger partial charge in [-0.15, -0.1) is 0 Å². The summed E-state index contributed by atoms with van der Waals surface area (Å²) in [5.41, 5.74) is 2.31. The second-order valence-electron chi connectivity index (χ2n) is 3.13. The summed E-state index contributed by atoms with van der Waals surface area (Å²) in [6.45, 7) is 0. The molecule has 0 saturated carbocycles. The SMILES string of the molecule is [c]1ccc2oc(-c3ccccn3)nc2c1. The predicted molar refractivity (Wildman–Crippen MR) is 56.1 cm³/mol. The largest absolute Gasteiger partial charge is 0.435 e. The van der Waals surface area contributed by atoms with Gasteiger partial charge in [0.15, 0.2) is 5.58 Å². The standard InChI is InChI=1S/C12H7N2O/c1-2-7-11-9(5-1)14-12(15-11)10-6-3-4-8-13-10/h2-8H. The number of aromatic nitrogens is 2. The van der Waals surface area contributed by atoms with Gasteiger partial charge < -0.3 is 4.42 Å². The first kappa shape index (κ1) is 8.17. The Kier molecular flexibility index (Phi) is 1.75. The molecule has 15 heavy (non-hydrogen) atoms. The minimum absolute atomic E-state index is 0.546. The topological polar surface area (TPSA) is 38.9 Å². The van der Waals surface area contributed by atoms with Crippen molar-refractivity contribution in [3.05, 3.63) is 48.7 Å². The number of rotatable bonds is 1. The first-order valence-corrected chi connectivity index (χ1v) is 4.61. The molecule has 2 aromatic heterocycles. The van der Waals surface area contributed by atoms with E-state index < -0.39 is 0 Å². The van der Waals surface area contributed by atoms with E-state index in [1.165, 1.54) is 0 Å². The zero-order valence-corrected chi connectivity index (χ0v) is 7.84. The van der Waals surface area contributed by atoms with Crippen molar-refractivity contribution in [2.75, 3.05) is 0 Å². The fourth-order valence-corrected chi connectivity index (χ4v) is 1.42. The molecule has 3 aromatic rings. The van der Waals surface area contributed by atoms with Crippen molar-refractivity contribution in [3.8, 4) is 11.6 Å². The van der Waals surface area contributed by atoms with E-state index in [0.29, 0.717) is 5.89 Å². The van der Waals surface area contributed by atoms with Crippen molar-refractivity contribution >= 4 is 11.1 Å². The summed E-state index contributed by atoms with van der Waals surface area (Å²) in [6.07, 6.45) is 1.72. The van der Waals surface area contributed by atoms with Crippen molar-refractivity contribution in [2.24, 2.45) is 0 Å². The van der Waals surface area contributed by atoms with E-state index in [1.807, 2.05) is 24.3 Å². The summed E-state index contributed by atoms with van der Waals surface area (Å²) in [6, 6.07) is 14.0. The second-order valence-corrected chi connectivity index (χ2v) is 3.13. The van der Waals surface area contributed by atoms with E-state index in [4.69, 9.17) is 4.42 Å². The van der Waals surface area contributed by atoms with Gasteiger partial charge in [-0.05, 0) is 30.3 Å². The predicted octanol–water partition coefficient (Wildman–Crippen LogP) is 2.69. The van der Waals surface area contributed by atoms with Crippen LogP contribution in [0.2, 0.25) is 0 Å². The lowest BCUT2D eigenvalue weighted by Crippen LogP contribution is -1.80. The summed E-state index contributed by atoms with van der Waals surface area (Å²) in [4.78, 5) is 8.50. The highest BCUT2D eigenvalue weighted by atomic mass is 16.3. The summed E-state index contributed by atoms with van der Waals surface area (Å²) in [7, 11) is 0. The van der Waals surface area contributed by atoms with Crippen LogP contribution in [0.15, 0.2) is 47.0 Å². The van der Waals surface area contributed by atoms with Crippen LogP contribution >= 0.6 is 0 Å². The molecule has 2 heterocycles. The second kappa shape index (κ2) is 3.20. The Labute approximate surface area is 86.4 Å². The molecule has 0 amide bonds. The summed E-state index contributed by atoms with van der Waals surface area (Å²) in [5.74, 6) is 0.546. The van der Waals surface area contributed by atoms with Crippen LogP contribution in [0.4, 0.5) is 0 Å². The Morgan fingerprint density at radius 2 is 2.20 bits per heavy atom. The van der Waals surface area contributed by atoms with Gasteiger partial charge in [0.25, 0.3) is 0 Å². The first-order chi connectivity index (χ1) is 7.43. The molecule has 0 aliphatic heterocycles. The van der Waals surface area contributed by atoms with E-state index in [9.17, 15) is 0 Å². The van der Waals surface area contributed by atoms with Crippen molar-refractivity contribution in [2.45, 2.75) is 0 Å².